The Balaban J connectivity index is 2.48. The first-order valence-corrected chi connectivity index (χ1v) is 6.41. The first kappa shape index (κ1) is 13.3. The molecule has 0 aliphatic carbocycles. The summed E-state index contributed by atoms with van der Waals surface area (Å²) in [6.07, 6.45) is 0. The predicted octanol–water partition coefficient (Wildman–Crippen LogP) is 5.11. The molecule has 0 aromatic heterocycles. The zero-order valence-corrected chi connectivity index (χ0v) is 10.9. The summed E-state index contributed by atoms with van der Waals surface area (Å²) in [5.41, 5.74) is 1.77. The fraction of sp³-hybridized carbons (Fsp3) is 0.143. The van der Waals surface area contributed by atoms with Gasteiger partial charge < -0.3 is 0 Å². The molecule has 2 rings (SSSR count). The molecule has 2 aromatic rings. The Kier molecular flexibility index (Phi) is 4.20. The SMILES string of the molecule is Fc1cc(CCl)ccc1-c1ccc(CCl)cc1F. The molecule has 0 fully saturated rings. The fourth-order valence-electron chi connectivity index (χ4n) is 1.72. The second kappa shape index (κ2) is 5.68. The van der Waals surface area contributed by atoms with Gasteiger partial charge in [-0.25, -0.2) is 8.78 Å². The highest BCUT2D eigenvalue weighted by molar-refractivity contribution is 6.17. The summed E-state index contributed by atoms with van der Waals surface area (Å²) in [7, 11) is 0. The quantitative estimate of drug-likeness (QED) is 0.688. The Hall–Kier alpha value is -1.12. The number of benzene rings is 2. The smallest absolute Gasteiger partial charge is 0.131 e. The van der Waals surface area contributed by atoms with Gasteiger partial charge in [-0.2, -0.15) is 0 Å². The molecule has 0 atom stereocenters. The van der Waals surface area contributed by atoms with Gasteiger partial charge in [-0.3, -0.25) is 0 Å². The molecule has 0 saturated carbocycles. The summed E-state index contributed by atoms with van der Waals surface area (Å²) in [4.78, 5) is 0. The van der Waals surface area contributed by atoms with Crippen LogP contribution in [0.25, 0.3) is 11.1 Å². The lowest BCUT2D eigenvalue weighted by atomic mass is 10.0. The third-order valence-corrected chi connectivity index (χ3v) is 3.28. The molecule has 2 aromatic carbocycles. The van der Waals surface area contributed by atoms with E-state index in [1.807, 2.05) is 0 Å². The lowest BCUT2D eigenvalue weighted by molar-refractivity contribution is 0.615. The Morgan fingerprint density at radius 2 is 1.11 bits per heavy atom. The van der Waals surface area contributed by atoms with Gasteiger partial charge in [0.2, 0.25) is 0 Å². The molecule has 0 amide bonds. The van der Waals surface area contributed by atoms with Crippen LogP contribution >= 0.6 is 23.2 Å². The summed E-state index contributed by atoms with van der Waals surface area (Å²) < 4.78 is 27.7. The van der Waals surface area contributed by atoms with Crippen molar-refractivity contribution >= 4 is 23.2 Å². The maximum atomic E-state index is 13.8. The van der Waals surface area contributed by atoms with Crippen LogP contribution in [0.2, 0.25) is 0 Å². The van der Waals surface area contributed by atoms with Gasteiger partial charge in [0, 0.05) is 22.9 Å². The minimum atomic E-state index is -0.481. The van der Waals surface area contributed by atoms with Crippen LogP contribution in [0.1, 0.15) is 11.1 Å². The third kappa shape index (κ3) is 2.65. The molecule has 0 unspecified atom stereocenters. The van der Waals surface area contributed by atoms with Gasteiger partial charge >= 0.3 is 0 Å². The second-order valence-corrected chi connectivity index (χ2v) is 4.43. The molecule has 0 saturated heterocycles. The fourth-order valence-corrected chi connectivity index (χ4v) is 2.05. The number of hydrogen-bond donors (Lipinski definition) is 0. The highest BCUT2D eigenvalue weighted by Crippen LogP contribution is 2.27. The summed E-state index contributed by atoms with van der Waals surface area (Å²) in [5, 5.41) is 0. The first-order chi connectivity index (χ1) is 8.65. The highest BCUT2D eigenvalue weighted by atomic mass is 35.5. The summed E-state index contributed by atoms with van der Waals surface area (Å²) in [6, 6.07) is 9.06. The van der Waals surface area contributed by atoms with E-state index in [0.717, 1.165) is 0 Å². The van der Waals surface area contributed by atoms with Gasteiger partial charge in [-0.15, -0.1) is 23.2 Å². The molecule has 0 bridgehead atoms. The van der Waals surface area contributed by atoms with Crippen molar-refractivity contribution in [2.45, 2.75) is 11.8 Å². The van der Waals surface area contributed by atoms with Crippen LogP contribution in [0.5, 0.6) is 0 Å². The standard InChI is InChI=1S/C14H10Cl2F2/c15-7-9-1-3-11(13(17)5-9)12-4-2-10(8-16)6-14(12)18/h1-6H,7-8H2. The van der Waals surface area contributed by atoms with Gasteiger partial charge in [-0.05, 0) is 23.3 Å². The Morgan fingerprint density at radius 3 is 1.39 bits per heavy atom. The van der Waals surface area contributed by atoms with E-state index >= 15 is 0 Å². The van der Waals surface area contributed by atoms with Crippen molar-refractivity contribution in [2.75, 3.05) is 0 Å². The Labute approximate surface area is 114 Å². The molecule has 4 heteroatoms. The van der Waals surface area contributed by atoms with E-state index in [9.17, 15) is 8.78 Å². The lowest BCUT2D eigenvalue weighted by Gasteiger charge is -2.07. The van der Waals surface area contributed by atoms with Crippen LogP contribution in [-0.2, 0) is 11.8 Å². The van der Waals surface area contributed by atoms with E-state index in [1.165, 1.54) is 24.3 Å². The molecule has 94 valence electrons. The van der Waals surface area contributed by atoms with Crippen molar-refractivity contribution in [1.82, 2.24) is 0 Å². The van der Waals surface area contributed by atoms with Gasteiger partial charge in [0.05, 0.1) is 0 Å². The zero-order chi connectivity index (χ0) is 13.1. The predicted molar refractivity (Wildman–Crippen MR) is 70.9 cm³/mol. The van der Waals surface area contributed by atoms with Crippen LogP contribution in [0, 0.1) is 11.6 Å². The number of alkyl halides is 2. The molecule has 0 aliphatic heterocycles. The van der Waals surface area contributed by atoms with Crippen molar-refractivity contribution in [3.8, 4) is 11.1 Å². The lowest BCUT2D eigenvalue weighted by Crippen LogP contribution is -1.92. The molecule has 0 spiro atoms. The maximum Gasteiger partial charge on any atom is 0.131 e. The molecule has 0 N–H and O–H groups in total. The average molecular weight is 287 g/mol. The number of rotatable bonds is 3. The van der Waals surface area contributed by atoms with Crippen molar-refractivity contribution in [1.29, 1.82) is 0 Å². The third-order valence-electron chi connectivity index (χ3n) is 2.67. The van der Waals surface area contributed by atoms with Crippen LogP contribution in [0.3, 0.4) is 0 Å². The topological polar surface area (TPSA) is 0 Å². The van der Waals surface area contributed by atoms with E-state index in [1.54, 1.807) is 12.1 Å². The average Bonchev–Trinajstić information content (AvgIpc) is 2.39. The molecular formula is C14H10Cl2F2. The van der Waals surface area contributed by atoms with E-state index in [2.05, 4.69) is 0 Å². The van der Waals surface area contributed by atoms with E-state index < -0.39 is 11.6 Å². The first-order valence-electron chi connectivity index (χ1n) is 5.35. The van der Waals surface area contributed by atoms with Crippen LogP contribution in [0.15, 0.2) is 36.4 Å². The largest absolute Gasteiger partial charge is 0.206 e. The molecular weight excluding hydrogens is 277 g/mol. The molecule has 0 nitrogen and oxygen atoms in total. The molecule has 0 aliphatic rings. The maximum absolute atomic E-state index is 13.8. The van der Waals surface area contributed by atoms with E-state index in [4.69, 9.17) is 23.2 Å². The number of hydrogen-bond acceptors (Lipinski definition) is 0. The van der Waals surface area contributed by atoms with Crippen molar-refractivity contribution < 1.29 is 8.78 Å². The van der Waals surface area contributed by atoms with Crippen molar-refractivity contribution in [2.24, 2.45) is 0 Å². The molecule has 0 radical (unpaired) electrons. The normalized spacial score (nSPS) is 10.7. The van der Waals surface area contributed by atoms with Crippen LogP contribution in [0.4, 0.5) is 8.78 Å². The highest BCUT2D eigenvalue weighted by Gasteiger charge is 2.11. The summed E-state index contributed by atoms with van der Waals surface area (Å²) >= 11 is 11.2. The van der Waals surface area contributed by atoms with Gasteiger partial charge in [-0.1, -0.05) is 24.3 Å². The van der Waals surface area contributed by atoms with Crippen LogP contribution in [-0.4, -0.2) is 0 Å². The second-order valence-electron chi connectivity index (χ2n) is 3.90. The van der Waals surface area contributed by atoms with Crippen molar-refractivity contribution in [3.63, 3.8) is 0 Å². The Morgan fingerprint density at radius 1 is 0.722 bits per heavy atom. The van der Waals surface area contributed by atoms with Gasteiger partial charge in [0.15, 0.2) is 0 Å². The van der Waals surface area contributed by atoms with Crippen LogP contribution < -0.4 is 0 Å². The summed E-state index contributed by atoms with van der Waals surface area (Å²) in [5.74, 6) is -0.508. The van der Waals surface area contributed by atoms with Gasteiger partial charge in [0.1, 0.15) is 11.6 Å². The zero-order valence-electron chi connectivity index (χ0n) is 9.39. The van der Waals surface area contributed by atoms with E-state index in [0.29, 0.717) is 11.1 Å². The minimum absolute atomic E-state index is 0.225. The monoisotopic (exact) mass is 286 g/mol. The molecule has 0 heterocycles. The van der Waals surface area contributed by atoms with E-state index in [-0.39, 0.29) is 22.9 Å². The minimum Gasteiger partial charge on any atom is -0.206 e. The molecule has 18 heavy (non-hydrogen) atoms. The summed E-state index contributed by atoms with van der Waals surface area (Å²) in [6.45, 7) is 0. The number of halogens is 4. The van der Waals surface area contributed by atoms with Gasteiger partial charge in [0.25, 0.3) is 0 Å². The van der Waals surface area contributed by atoms with Crippen molar-refractivity contribution in [3.05, 3.63) is 59.2 Å². The Bertz CT molecular complexity index is 516.